The molecule has 0 bridgehead atoms. The van der Waals surface area contributed by atoms with E-state index in [0.717, 1.165) is 0 Å². The third-order valence-electron chi connectivity index (χ3n) is 0.888. The number of hydrogen-bond donors (Lipinski definition) is 1. The maximum absolute atomic E-state index is 6.90. The third-order valence-corrected chi connectivity index (χ3v) is 2.66. The van der Waals surface area contributed by atoms with Gasteiger partial charge in [0, 0.05) is 4.58 Å². The van der Waals surface area contributed by atoms with Crippen LogP contribution in [-0.4, -0.2) is 11.5 Å². The molecule has 1 unspecified atom stereocenters. The molecule has 1 aliphatic heterocycles. The van der Waals surface area contributed by atoms with Gasteiger partial charge in [0.25, 0.3) is 0 Å². The quantitative estimate of drug-likeness (QED) is 0.516. The van der Waals surface area contributed by atoms with Gasteiger partial charge in [-0.25, -0.2) is 0 Å². The van der Waals surface area contributed by atoms with Crippen LogP contribution in [0.25, 0.3) is 0 Å². The highest BCUT2D eigenvalue weighted by Crippen LogP contribution is 2.28. The van der Waals surface area contributed by atoms with Crippen LogP contribution >= 0.6 is 24.3 Å². The average Bonchev–Trinajstić information content (AvgIpc) is 2.14. The molecule has 1 saturated heterocycles. The first-order chi connectivity index (χ1) is 3.43. The van der Waals surface area contributed by atoms with Crippen molar-refractivity contribution in [2.75, 3.05) is 5.75 Å². The van der Waals surface area contributed by atoms with Gasteiger partial charge >= 0.3 is 0 Å². The topological polar surface area (TPSA) is 0 Å². The smallest absolute Gasteiger partial charge is 0.103 e. The Labute approximate surface area is 49.2 Å². The normalized spacial score (nSPS) is 36.7. The van der Waals surface area contributed by atoms with Crippen molar-refractivity contribution in [1.29, 1.82) is 1.12 Å². The first-order valence-electron chi connectivity index (χ1n) is 2.58. The summed E-state index contributed by atoms with van der Waals surface area (Å²) in [5.41, 5.74) is 0. The van der Waals surface area contributed by atoms with E-state index in [4.69, 9.17) is 1.12 Å². The number of thioether (sulfide) groups is 1. The SMILES string of the molecule is [2H]SC1CCCS1. The van der Waals surface area contributed by atoms with Gasteiger partial charge in [0.2, 0.25) is 0 Å². The zero-order valence-corrected chi connectivity index (χ0v) is 5.15. The Morgan fingerprint density at radius 1 is 2.00 bits per heavy atom. The summed E-state index contributed by atoms with van der Waals surface area (Å²) in [6.45, 7) is 0. The van der Waals surface area contributed by atoms with Gasteiger partial charge in [-0.15, -0.1) is 11.8 Å². The van der Waals surface area contributed by atoms with Gasteiger partial charge < -0.3 is 0 Å². The number of thiol groups is 1. The molecule has 0 aromatic carbocycles. The molecule has 6 heavy (non-hydrogen) atoms. The Bertz CT molecular complexity index is 51.7. The van der Waals surface area contributed by atoms with Crippen LogP contribution in [0.2, 0.25) is 0 Å². The van der Waals surface area contributed by atoms with E-state index in [1.165, 1.54) is 31.1 Å². The average molecular weight is 121 g/mol. The zero-order valence-electron chi connectivity index (χ0n) is 4.52. The molecule has 0 spiro atoms. The Morgan fingerprint density at radius 3 is 3.33 bits per heavy atom. The maximum atomic E-state index is 6.90. The summed E-state index contributed by atoms with van der Waals surface area (Å²) in [7, 11) is 0. The molecule has 1 aliphatic rings. The lowest BCUT2D eigenvalue weighted by Gasteiger charge is -1.90. The van der Waals surface area contributed by atoms with Gasteiger partial charge in [0.05, 0.1) is 0 Å². The summed E-state index contributed by atoms with van der Waals surface area (Å²) in [6, 6.07) is 0. The molecule has 1 atom stereocenters. The van der Waals surface area contributed by atoms with Gasteiger partial charge in [0.15, 0.2) is 0 Å². The third kappa shape index (κ3) is 1.09. The van der Waals surface area contributed by atoms with Gasteiger partial charge in [-0.2, -0.15) is 12.5 Å². The lowest BCUT2D eigenvalue weighted by Crippen LogP contribution is -1.76. The zero-order chi connectivity index (χ0) is 5.11. The molecule has 0 radical (unpaired) electrons. The second-order valence-corrected chi connectivity index (χ2v) is 3.62. The molecule has 0 aliphatic carbocycles. The first kappa shape index (κ1) is 3.67. The molecule has 0 aromatic rings. The van der Waals surface area contributed by atoms with E-state index in [-0.39, 0.29) is 0 Å². The van der Waals surface area contributed by atoms with Crippen LogP contribution in [0.3, 0.4) is 0 Å². The van der Waals surface area contributed by atoms with Crippen LogP contribution in [0.15, 0.2) is 0 Å². The predicted octanol–water partition coefficient (Wildman–Crippen LogP) is 1.77. The van der Waals surface area contributed by atoms with Crippen molar-refractivity contribution in [3.8, 4) is 0 Å². The first-order valence-corrected chi connectivity index (χ1v) is 3.69. The van der Waals surface area contributed by atoms with E-state index in [2.05, 4.69) is 0 Å². The summed E-state index contributed by atoms with van der Waals surface area (Å²) in [4.78, 5) is 0. The van der Waals surface area contributed by atoms with Crippen molar-refractivity contribution in [3.63, 3.8) is 0 Å². The van der Waals surface area contributed by atoms with E-state index >= 15 is 0 Å². The van der Waals surface area contributed by atoms with Crippen LogP contribution < -0.4 is 0 Å². The number of rotatable bonds is 1. The van der Waals surface area contributed by atoms with E-state index in [1.807, 2.05) is 11.8 Å². The molecule has 0 N–H and O–H groups in total. The van der Waals surface area contributed by atoms with Gasteiger partial charge in [-0.3, -0.25) is 0 Å². The molecular formula is C4H8S2. The van der Waals surface area contributed by atoms with Crippen LogP contribution in [0.1, 0.15) is 12.8 Å². The fraction of sp³-hybridized carbons (Fsp3) is 1.00. The molecule has 0 amide bonds. The summed E-state index contributed by atoms with van der Waals surface area (Å²) in [6.07, 6.45) is 2.57. The minimum atomic E-state index is 0.597. The highest BCUT2D eigenvalue weighted by Gasteiger charge is 2.08. The lowest BCUT2D eigenvalue weighted by atomic mass is 10.4. The Morgan fingerprint density at radius 2 is 3.00 bits per heavy atom. The summed E-state index contributed by atoms with van der Waals surface area (Å²) in [5.74, 6) is 1.27. The fourth-order valence-electron chi connectivity index (χ4n) is 0.548. The van der Waals surface area contributed by atoms with E-state index < -0.39 is 0 Å². The fourth-order valence-corrected chi connectivity index (χ4v) is 1.93. The van der Waals surface area contributed by atoms with Gasteiger partial charge in [0.1, 0.15) is 1.12 Å². The molecule has 0 saturated carbocycles. The van der Waals surface area contributed by atoms with Crippen LogP contribution in [-0.2, 0) is 0 Å². The molecule has 0 aromatic heterocycles. The van der Waals surface area contributed by atoms with E-state index in [9.17, 15) is 0 Å². The van der Waals surface area contributed by atoms with E-state index in [1.54, 1.807) is 0 Å². The minimum absolute atomic E-state index is 0.597. The predicted molar refractivity (Wildman–Crippen MR) is 34.5 cm³/mol. The molecule has 1 rings (SSSR count). The lowest BCUT2D eigenvalue weighted by molar-refractivity contribution is 0.927. The minimum Gasteiger partial charge on any atom is -0.165 e. The molecule has 1 heterocycles. The molecule has 2 heteroatoms. The molecule has 36 valence electrons. The van der Waals surface area contributed by atoms with Crippen LogP contribution in [0.4, 0.5) is 0 Å². The molecule has 0 nitrogen and oxygen atoms in total. The van der Waals surface area contributed by atoms with E-state index in [0.29, 0.717) is 4.58 Å². The van der Waals surface area contributed by atoms with Crippen LogP contribution in [0.5, 0.6) is 0 Å². The van der Waals surface area contributed by atoms with Crippen molar-refractivity contribution in [2.45, 2.75) is 17.4 Å². The maximum Gasteiger partial charge on any atom is 0.103 e. The summed E-state index contributed by atoms with van der Waals surface area (Å²) in [5, 5.41) is 0. The van der Waals surface area contributed by atoms with Crippen molar-refractivity contribution in [3.05, 3.63) is 0 Å². The molecular weight excluding hydrogens is 112 g/mol. The van der Waals surface area contributed by atoms with Crippen molar-refractivity contribution in [2.24, 2.45) is 0 Å². The second-order valence-electron chi connectivity index (χ2n) is 1.44. The Kier molecular flexibility index (Phi) is 1.30. The van der Waals surface area contributed by atoms with Crippen molar-refractivity contribution < 1.29 is 0 Å². The second kappa shape index (κ2) is 2.12. The largest absolute Gasteiger partial charge is 0.165 e. The highest BCUT2D eigenvalue weighted by molar-refractivity contribution is 8.10. The molecule has 1 fully saturated rings. The summed E-state index contributed by atoms with van der Waals surface area (Å²) < 4.78 is 7.49. The number of hydrogen-bond acceptors (Lipinski definition) is 2. The van der Waals surface area contributed by atoms with Crippen LogP contribution in [0, 0.1) is 0 Å². The summed E-state index contributed by atoms with van der Waals surface area (Å²) >= 11 is 3.16. The van der Waals surface area contributed by atoms with Crippen molar-refractivity contribution >= 4 is 24.3 Å². The monoisotopic (exact) mass is 121 g/mol. The van der Waals surface area contributed by atoms with Gasteiger partial charge in [-0.05, 0) is 18.6 Å². The van der Waals surface area contributed by atoms with Crippen molar-refractivity contribution in [1.82, 2.24) is 0 Å². The Balaban J connectivity index is 2.14. The van der Waals surface area contributed by atoms with Gasteiger partial charge in [-0.1, -0.05) is 0 Å². The highest BCUT2D eigenvalue weighted by atomic mass is 32.2. The Hall–Kier alpha value is 0.700. The standard InChI is InChI=1S/C4H8S2/c5-4-2-1-3-6-4/h4-5H,1-3H2/i/hD.